The number of amides is 1. The molecule has 0 aromatic heterocycles. The number of carbonyl (C=O) groups excluding carboxylic acids is 1. The van der Waals surface area contributed by atoms with E-state index in [-0.39, 0.29) is 5.91 Å². The van der Waals surface area contributed by atoms with Gasteiger partial charge in [-0.05, 0) is 36.8 Å². The van der Waals surface area contributed by atoms with Crippen LogP contribution in [-0.2, 0) is 11.3 Å². The lowest BCUT2D eigenvalue weighted by Gasteiger charge is -2.08. The second kappa shape index (κ2) is 8.85. The van der Waals surface area contributed by atoms with Gasteiger partial charge in [0.2, 0.25) is 0 Å². The van der Waals surface area contributed by atoms with Crippen molar-refractivity contribution >= 4 is 5.91 Å². The Kier molecular flexibility index (Phi) is 6.45. The van der Waals surface area contributed by atoms with Crippen molar-refractivity contribution in [2.75, 3.05) is 19.8 Å². The van der Waals surface area contributed by atoms with E-state index in [1.165, 1.54) is 0 Å². The molecular formula is C18H21NO3. The maximum Gasteiger partial charge on any atom is 0.251 e. The van der Waals surface area contributed by atoms with Crippen LogP contribution in [0.15, 0.2) is 54.6 Å². The van der Waals surface area contributed by atoms with E-state index < -0.39 is 0 Å². The van der Waals surface area contributed by atoms with Crippen molar-refractivity contribution in [2.24, 2.45) is 0 Å². The summed E-state index contributed by atoms with van der Waals surface area (Å²) in [6.45, 7) is 4.22. The highest BCUT2D eigenvalue weighted by molar-refractivity contribution is 5.94. The summed E-state index contributed by atoms with van der Waals surface area (Å²) in [5.41, 5.74) is 1.69. The molecule has 2 aromatic carbocycles. The van der Waals surface area contributed by atoms with Crippen LogP contribution in [0, 0.1) is 0 Å². The third kappa shape index (κ3) is 5.22. The molecule has 2 rings (SSSR count). The second-order valence-corrected chi connectivity index (χ2v) is 4.74. The first-order valence-corrected chi connectivity index (χ1v) is 7.42. The number of benzene rings is 2. The number of hydrogen-bond acceptors (Lipinski definition) is 3. The average molecular weight is 299 g/mol. The Morgan fingerprint density at radius 1 is 1.00 bits per heavy atom. The molecule has 4 nitrogen and oxygen atoms in total. The normalized spacial score (nSPS) is 10.2. The van der Waals surface area contributed by atoms with E-state index in [4.69, 9.17) is 9.47 Å². The van der Waals surface area contributed by atoms with Gasteiger partial charge in [0.25, 0.3) is 5.91 Å². The van der Waals surface area contributed by atoms with Crippen molar-refractivity contribution in [3.8, 4) is 5.75 Å². The number of nitrogens with one attached hydrogen (secondary N) is 1. The predicted octanol–water partition coefficient (Wildman–Crippen LogP) is 3.03. The van der Waals surface area contributed by atoms with Gasteiger partial charge < -0.3 is 14.8 Å². The molecule has 0 saturated heterocycles. The summed E-state index contributed by atoms with van der Waals surface area (Å²) in [4.78, 5) is 12.1. The summed E-state index contributed by atoms with van der Waals surface area (Å²) in [6, 6.07) is 16.9. The Labute approximate surface area is 131 Å². The SMILES string of the molecule is CCOCCOc1ccc(C(=O)NCc2ccccc2)cc1. The zero-order chi connectivity index (χ0) is 15.6. The highest BCUT2D eigenvalue weighted by atomic mass is 16.5. The summed E-state index contributed by atoms with van der Waals surface area (Å²) in [5, 5.41) is 2.89. The molecule has 1 N–H and O–H groups in total. The van der Waals surface area contributed by atoms with Crippen molar-refractivity contribution < 1.29 is 14.3 Å². The smallest absolute Gasteiger partial charge is 0.251 e. The van der Waals surface area contributed by atoms with Gasteiger partial charge >= 0.3 is 0 Å². The van der Waals surface area contributed by atoms with Gasteiger partial charge in [0, 0.05) is 18.7 Å². The van der Waals surface area contributed by atoms with Crippen molar-refractivity contribution in [2.45, 2.75) is 13.5 Å². The summed E-state index contributed by atoms with van der Waals surface area (Å²) in [5.74, 6) is 0.643. The minimum atomic E-state index is -0.0929. The zero-order valence-electron chi connectivity index (χ0n) is 12.7. The van der Waals surface area contributed by atoms with Crippen LogP contribution in [0.5, 0.6) is 5.75 Å². The molecule has 4 heteroatoms. The molecule has 0 aliphatic rings. The van der Waals surface area contributed by atoms with Crippen LogP contribution in [0.1, 0.15) is 22.8 Å². The molecule has 22 heavy (non-hydrogen) atoms. The van der Waals surface area contributed by atoms with E-state index in [1.54, 1.807) is 24.3 Å². The topological polar surface area (TPSA) is 47.6 Å². The van der Waals surface area contributed by atoms with Gasteiger partial charge in [0.15, 0.2) is 0 Å². The number of ether oxygens (including phenoxy) is 2. The summed E-state index contributed by atoms with van der Waals surface area (Å²) < 4.78 is 10.7. The fourth-order valence-corrected chi connectivity index (χ4v) is 1.95. The van der Waals surface area contributed by atoms with Crippen molar-refractivity contribution in [3.63, 3.8) is 0 Å². The highest BCUT2D eigenvalue weighted by Gasteiger charge is 2.05. The van der Waals surface area contributed by atoms with Gasteiger partial charge in [-0.1, -0.05) is 30.3 Å². The molecule has 0 unspecified atom stereocenters. The molecule has 0 radical (unpaired) electrons. The van der Waals surface area contributed by atoms with Crippen molar-refractivity contribution in [1.82, 2.24) is 5.32 Å². The molecule has 0 fully saturated rings. The first kappa shape index (κ1) is 16.0. The Bertz CT molecular complexity index is 567. The molecule has 116 valence electrons. The Balaban J connectivity index is 1.80. The molecule has 0 spiro atoms. The van der Waals surface area contributed by atoms with E-state index in [9.17, 15) is 4.79 Å². The predicted molar refractivity (Wildman–Crippen MR) is 86.0 cm³/mol. The number of rotatable bonds is 8. The van der Waals surface area contributed by atoms with Crippen LogP contribution in [0.4, 0.5) is 0 Å². The van der Waals surface area contributed by atoms with Crippen LogP contribution in [0.2, 0.25) is 0 Å². The summed E-state index contributed by atoms with van der Waals surface area (Å²) >= 11 is 0. The van der Waals surface area contributed by atoms with Gasteiger partial charge in [-0.2, -0.15) is 0 Å². The van der Waals surface area contributed by atoms with Gasteiger partial charge in [0.05, 0.1) is 6.61 Å². The fraction of sp³-hybridized carbons (Fsp3) is 0.278. The third-order valence-corrected chi connectivity index (χ3v) is 3.11. The summed E-state index contributed by atoms with van der Waals surface area (Å²) in [6.07, 6.45) is 0. The Morgan fingerprint density at radius 2 is 1.73 bits per heavy atom. The lowest BCUT2D eigenvalue weighted by Crippen LogP contribution is -2.22. The Hall–Kier alpha value is -2.33. The molecule has 1 amide bonds. The molecule has 0 saturated carbocycles. The minimum absolute atomic E-state index is 0.0929. The van der Waals surface area contributed by atoms with Crippen molar-refractivity contribution in [3.05, 3.63) is 65.7 Å². The maximum atomic E-state index is 12.1. The van der Waals surface area contributed by atoms with Crippen LogP contribution in [-0.4, -0.2) is 25.7 Å². The van der Waals surface area contributed by atoms with E-state index >= 15 is 0 Å². The number of carbonyl (C=O) groups is 1. The lowest BCUT2D eigenvalue weighted by molar-refractivity contribution is 0.0950. The standard InChI is InChI=1S/C18H21NO3/c1-2-21-12-13-22-17-10-8-16(9-11-17)18(20)19-14-15-6-4-3-5-7-15/h3-11H,2,12-14H2,1H3,(H,19,20). The van der Waals surface area contributed by atoms with Gasteiger partial charge in [-0.25, -0.2) is 0 Å². The van der Waals surface area contributed by atoms with Crippen LogP contribution < -0.4 is 10.1 Å². The molecule has 0 bridgehead atoms. The minimum Gasteiger partial charge on any atom is -0.491 e. The molecule has 0 aliphatic heterocycles. The first-order chi connectivity index (χ1) is 10.8. The van der Waals surface area contributed by atoms with Gasteiger partial charge in [-0.3, -0.25) is 4.79 Å². The summed E-state index contributed by atoms with van der Waals surface area (Å²) in [7, 11) is 0. The monoisotopic (exact) mass is 299 g/mol. The molecule has 0 atom stereocenters. The van der Waals surface area contributed by atoms with E-state index in [0.29, 0.717) is 31.9 Å². The van der Waals surface area contributed by atoms with E-state index in [2.05, 4.69) is 5.32 Å². The Morgan fingerprint density at radius 3 is 2.41 bits per heavy atom. The van der Waals surface area contributed by atoms with Crippen LogP contribution in [0.3, 0.4) is 0 Å². The second-order valence-electron chi connectivity index (χ2n) is 4.74. The average Bonchev–Trinajstić information content (AvgIpc) is 2.58. The molecule has 0 heterocycles. The van der Waals surface area contributed by atoms with E-state index in [1.807, 2.05) is 37.3 Å². The largest absolute Gasteiger partial charge is 0.491 e. The van der Waals surface area contributed by atoms with Crippen LogP contribution >= 0.6 is 0 Å². The quantitative estimate of drug-likeness (QED) is 0.762. The zero-order valence-corrected chi connectivity index (χ0v) is 12.7. The maximum absolute atomic E-state index is 12.1. The van der Waals surface area contributed by atoms with Gasteiger partial charge in [-0.15, -0.1) is 0 Å². The van der Waals surface area contributed by atoms with Crippen molar-refractivity contribution in [1.29, 1.82) is 0 Å². The number of hydrogen-bond donors (Lipinski definition) is 1. The van der Waals surface area contributed by atoms with E-state index in [0.717, 1.165) is 11.3 Å². The highest BCUT2D eigenvalue weighted by Crippen LogP contribution is 2.12. The first-order valence-electron chi connectivity index (χ1n) is 7.42. The van der Waals surface area contributed by atoms with Crippen LogP contribution in [0.25, 0.3) is 0 Å². The fourth-order valence-electron chi connectivity index (χ4n) is 1.95. The molecule has 0 aliphatic carbocycles. The van der Waals surface area contributed by atoms with Gasteiger partial charge in [0.1, 0.15) is 12.4 Å². The molecular weight excluding hydrogens is 278 g/mol. The lowest BCUT2D eigenvalue weighted by atomic mass is 10.2. The third-order valence-electron chi connectivity index (χ3n) is 3.11. The molecule has 2 aromatic rings.